The van der Waals surface area contributed by atoms with E-state index in [1.54, 1.807) is 13.0 Å². The van der Waals surface area contributed by atoms with Crippen LogP contribution < -0.4 is 11.1 Å². The summed E-state index contributed by atoms with van der Waals surface area (Å²) in [5, 5.41) is 2.80. The van der Waals surface area contributed by atoms with Gasteiger partial charge in [-0.15, -0.1) is 0 Å². The lowest BCUT2D eigenvalue weighted by molar-refractivity contribution is -0.131. The third-order valence-corrected chi connectivity index (χ3v) is 3.81. The highest BCUT2D eigenvalue weighted by molar-refractivity contribution is 5.98. The first-order chi connectivity index (χ1) is 10.1. The van der Waals surface area contributed by atoms with Gasteiger partial charge in [-0.3, -0.25) is 9.59 Å². The van der Waals surface area contributed by atoms with E-state index in [2.05, 4.69) is 5.32 Å². The van der Waals surface area contributed by atoms with Crippen molar-refractivity contribution in [3.05, 3.63) is 35.4 Å². The van der Waals surface area contributed by atoms with Gasteiger partial charge in [0.05, 0.1) is 0 Å². The molecule has 0 bridgehead atoms. The van der Waals surface area contributed by atoms with Crippen LogP contribution in [0.3, 0.4) is 0 Å². The molecule has 1 aromatic carbocycles. The fraction of sp³-hybridized carbons (Fsp3) is 0.500. The lowest BCUT2D eigenvalue weighted by Crippen LogP contribution is -2.46. The molecule has 1 fully saturated rings. The van der Waals surface area contributed by atoms with Gasteiger partial charge in [0, 0.05) is 18.7 Å². The standard InChI is InChI=1S/C16H23N3O2/c1-12(16(21)19-10-4-5-11-19)18-15(20)14-7-3-2-6-13(14)8-9-17/h2-3,6-7,12H,4-5,8-11,17H2,1H3,(H,18,20). The molecule has 3 N–H and O–H groups in total. The van der Waals surface area contributed by atoms with Crippen LogP contribution in [-0.2, 0) is 11.2 Å². The Morgan fingerprint density at radius 3 is 2.62 bits per heavy atom. The second-order valence-corrected chi connectivity index (χ2v) is 5.42. The van der Waals surface area contributed by atoms with E-state index < -0.39 is 6.04 Å². The first-order valence-electron chi connectivity index (χ1n) is 7.51. The van der Waals surface area contributed by atoms with Crippen molar-refractivity contribution in [1.82, 2.24) is 10.2 Å². The van der Waals surface area contributed by atoms with Crippen LogP contribution in [-0.4, -0.2) is 42.4 Å². The molecule has 0 radical (unpaired) electrons. The highest BCUT2D eigenvalue weighted by Gasteiger charge is 2.25. The lowest BCUT2D eigenvalue weighted by Gasteiger charge is -2.21. The number of nitrogens with zero attached hydrogens (tertiary/aromatic N) is 1. The van der Waals surface area contributed by atoms with Gasteiger partial charge in [0.25, 0.3) is 5.91 Å². The number of carbonyl (C=O) groups is 2. The molecule has 0 spiro atoms. The minimum absolute atomic E-state index is 0.00263. The zero-order valence-corrected chi connectivity index (χ0v) is 12.5. The summed E-state index contributed by atoms with van der Waals surface area (Å²) in [5.74, 6) is -0.212. The van der Waals surface area contributed by atoms with Crippen LogP contribution in [0, 0.1) is 0 Å². The predicted octanol–water partition coefficient (Wildman–Crippen LogP) is 0.928. The Kier molecular flexibility index (Phi) is 5.33. The van der Waals surface area contributed by atoms with Crippen LogP contribution in [0.25, 0.3) is 0 Å². The fourth-order valence-electron chi connectivity index (χ4n) is 2.66. The molecule has 5 nitrogen and oxygen atoms in total. The van der Waals surface area contributed by atoms with Crippen molar-refractivity contribution in [3.8, 4) is 0 Å². The molecule has 1 aliphatic heterocycles. The summed E-state index contributed by atoms with van der Waals surface area (Å²) in [6.45, 7) is 3.82. The van der Waals surface area contributed by atoms with Gasteiger partial charge in [0.1, 0.15) is 6.04 Å². The van der Waals surface area contributed by atoms with Crippen LogP contribution in [0.1, 0.15) is 35.7 Å². The summed E-state index contributed by atoms with van der Waals surface area (Å²) in [5.41, 5.74) is 7.09. The van der Waals surface area contributed by atoms with E-state index in [0.717, 1.165) is 31.5 Å². The van der Waals surface area contributed by atoms with Crippen molar-refractivity contribution in [1.29, 1.82) is 0 Å². The van der Waals surface area contributed by atoms with Gasteiger partial charge in [-0.05, 0) is 44.4 Å². The number of nitrogens with one attached hydrogen (secondary N) is 1. The maximum Gasteiger partial charge on any atom is 0.252 e. The van der Waals surface area contributed by atoms with Crippen LogP contribution in [0.5, 0.6) is 0 Å². The van der Waals surface area contributed by atoms with E-state index in [-0.39, 0.29) is 11.8 Å². The molecule has 0 aromatic heterocycles. The van der Waals surface area contributed by atoms with Gasteiger partial charge in [-0.1, -0.05) is 18.2 Å². The number of rotatable bonds is 5. The Hall–Kier alpha value is -1.88. The van der Waals surface area contributed by atoms with E-state index in [1.807, 2.05) is 23.1 Å². The fourth-order valence-corrected chi connectivity index (χ4v) is 2.66. The largest absolute Gasteiger partial charge is 0.341 e. The van der Waals surface area contributed by atoms with Crippen molar-refractivity contribution in [2.75, 3.05) is 19.6 Å². The Balaban J connectivity index is 2.02. The van der Waals surface area contributed by atoms with Crippen molar-refractivity contribution >= 4 is 11.8 Å². The van der Waals surface area contributed by atoms with Crippen LogP contribution >= 0.6 is 0 Å². The quantitative estimate of drug-likeness (QED) is 0.846. The zero-order valence-electron chi connectivity index (χ0n) is 12.5. The molecule has 1 aliphatic rings. The number of nitrogens with two attached hydrogens (primary N) is 1. The molecule has 114 valence electrons. The minimum atomic E-state index is -0.499. The first kappa shape index (κ1) is 15.5. The highest BCUT2D eigenvalue weighted by Crippen LogP contribution is 2.11. The van der Waals surface area contributed by atoms with E-state index >= 15 is 0 Å². The topological polar surface area (TPSA) is 75.4 Å². The SMILES string of the molecule is CC(NC(=O)c1ccccc1CCN)C(=O)N1CCCC1. The Morgan fingerprint density at radius 2 is 1.95 bits per heavy atom. The number of hydrogen-bond acceptors (Lipinski definition) is 3. The van der Waals surface area contributed by atoms with Crippen molar-refractivity contribution in [3.63, 3.8) is 0 Å². The molecule has 0 saturated carbocycles. The Morgan fingerprint density at radius 1 is 1.29 bits per heavy atom. The molecule has 5 heteroatoms. The monoisotopic (exact) mass is 289 g/mol. The molecule has 1 heterocycles. The summed E-state index contributed by atoms with van der Waals surface area (Å²) in [6, 6.07) is 6.88. The van der Waals surface area contributed by atoms with Gasteiger partial charge in [-0.25, -0.2) is 0 Å². The van der Waals surface area contributed by atoms with Crippen LogP contribution in [0.15, 0.2) is 24.3 Å². The summed E-state index contributed by atoms with van der Waals surface area (Å²) >= 11 is 0. The van der Waals surface area contributed by atoms with Crippen molar-refractivity contribution in [2.24, 2.45) is 5.73 Å². The molecule has 0 aliphatic carbocycles. The zero-order chi connectivity index (χ0) is 15.2. The second kappa shape index (κ2) is 7.22. The molecular weight excluding hydrogens is 266 g/mol. The average Bonchev–Trinajstić information content (AvgIpc) is 3.01. The molecule has 1 saturated heterocycles. The van der Waals surface area contributed by atoms with E-state index in [4.69, 9.17) is 5.73 Å². The average molecular weight is 289 g/mol. The van der Waals surface area contributed by atoms with E-state index in [1.165, 1.54) is 0 Å². The summed E-state index contributed by atoms with van der Waals surface area (Å²) in [6.07, 6.45) is 2.75. The van der Waals surface area contributed by atoms with Crippen LogP contribution in [0.4, 0.5) is 0 Å². The molecule has 1 aromatic rings. The van der Waals surface area contributed by atoms with Gasteiger partial charge >= 0.3 is 0 Å². The van der Waals surface area contributed by atoms with Crippen LogP contribution in [0.2, 0.25) is 0 Å². The van der Waals surface area contributed by atoms with Gasteiger partial charge in [0.2, 0.25) is 5.91 Å². The Labute approximate surface area is 125 Å². The normalized spacial score (nSPS) is 15.8. The minimum Gasteiger partial charge on any atom is -0.341 e. The predicted molar refractivity (Wildman–Crippen MR) is 81.9 cm³/mol. The summed E-state index contributed by atoms with van der Waals surface area (Å²) in [7, 11) is 0. The van der Waals surface area contributed by atoms with Gasteiger partial charge in [-0.2, -0.15) is 0 Å². The molecule has 2 rings (SSSR count). The third kappa shape index (κ3) is 3.82. The molecule has 1 atom stereocenters. The second-order valence-electron chi connectivity index (χ2n) is 5.42. The third-order valence-electron chi connectivity index (χ3n) is 3.81. The Bertz CT molecular complexity index is 510. The van der Waals surface area contributed by atoms with Gasteiger partial charge in [0.15, 0.2) is 0 Å². The molecule has 21 heavy (non-hydrogen) atoms. The number of likely N-dealkylation sites (tertiary alicyclic amines) is 1. The summed E-state index contributed by atoms with van der Waals surface area (Å²) in [4.78, 5) is 26.4. The maximum absolute atomic E-state index is 12.3. The molecule has 1 unspecified atom stereocenters. The smallest absolute Gasteiger partial charge is 0.252 e. The number of hydrogen-bond donors (Lipinski definition) is 2. The lowest BCUT2D eigenvalue weighted by atomic mass is 10.0. The number of amides is 2. The van der Waals surface area contributed by atoms with Crippen molar-refractivity contribution < 1.29 is 9.59 Å². The molecule has 2 amide bonds. The summed E-state index contributed by atoms with van der Waals surface area (Å²) < 4.78 is 0. The number of benzene rings is 1. The van der Waals surface area contributed by atoms with E-state index in [9.17, 15) is 9.59 Å². The number of carbonyl (C=O) groups excluding carboxylic acids is 2. The highest BCUT2D eigenvalue weighted by atomic mass is 16.2. The maximum atomic E-state index is 12.3. The van der Waals surface area contributed by atoms with Gasteiger partial charge < -0.3 is 16.0 Å². The van der Waals surface area contributed by atoms with Crippen molar-refractivity contribution in [2.45, 2.75) is 32.2 Å². The first-order valence-corrected chi connectivity index (χ1v) is 7.51. The van der Waals surface area contributed by atoms with E-state index in [0.29, 0.717) is 18.5 Å². The molecular formula is C16H23N3O2.